The Morgan fingerprint density at radius 2 is 1.93 bits per heavy atom. The van der Waals surface area contributed by atoms with Gasteiger partial charge in [-0.3, -0.25) is 9.59 Å². The van der Waals surface area contributed by atoms with Crippen molar-refractivity contribution >= 4 is 22.8 Å². The fraction of sp³-hybridized carbons (Fsp3) is 0.524. The molecular weight excluding hydrogens is 360 g/mol. The number of hydrogen-bond acceptors (Lipinski definition) is 5. The molecule has 0 bridgehead atoms. The first kappa shape index (κ1) is 20.2. The number of hydrogen-bond donors (Lipinski definition) is 3. The lowest BCUT2D eigenvalue weighted by atomic mass is 9.96. The lowest BCUT2D eigenvalue weighted by Gasteiger charge is -2.23. The number of aliphatic hydroxyl groups excluding tert-OH is 1. The minimum Gasteiger partial charge on any atom is -0.493 e. The summed E-state index contributed by atoms with van der Waals surface area (Å²) in [6.07, 6.45) is 7.65. The Labute approximate surface area is 164 Å². The van der Waals surface area contributed by atoms with Crippen molar-refractivity contribution in [1.82, 2.24) is 10.6 Å². The SMILES string of the molecule is COc1cccc2cc(C(=O)NC(CO)C(=O)NC3CCCCCCC3)oc12. The number of carbonyl (C=O) groups excluding carboxylic acids is 2. The van der Waals surface area contributed by atoms with Crippen molar-refractivity contribution in [1.29, 1.82) is 0 Å². The average molecular weight is 388 g/mol. The highest BCUT2D eigenvalue weighted by Crippen LogP contribution is 2.28. The molecule has 1 aromatic carbocycles. The number of amides is 2. The van der Waals surface area contributed by atoms with E-state index in [0.717, 1.165) is 31.1 Å². The van der Waals surface area contributed by atoms with E-state index < -0.39 is 18.6 Å². The molecule has 3 N–H and O–H groups in total. The van der Waals surface area contributed by atoms with Gasteiger partial charge in [-0.2, -0.15) is 0 Å². The maximum Gasteiger partial charge on any atom is 0.287 e. The van der Waals surface area contributed by atoms with Gasteiger partial charge in [0.25, 0.3) is 5.91 Å². The van der Waals surface area contributed by atoms with Gasteiger partial charge in [0.05, 0.1) is 13.7 Å². The van der Waals surface area contributed by atoms with Crippen LogP contribution in [0.1, 0.15) is 55.5 Å². The molecule has 0 radical (unpaired) electrons. The lowest BCUT2D eigenvalue weighted by Crippen LogP contribution is -2.51. The average Bonchev–Trinajstić information content (AvgIpc) is 3.12. The first-order chi connectivity index (χ1) is 13.6. The van der Waals surface area contributed by atoms with Gasteiger partial charge >= 0.3 is 0 Å². The summed E-state index contributed by atoms with van der Waals surface area (Å²) in [6, 6.07) is 6.02. The monoisotopic (exact) mass is 388 g/mol. The smallest absolute Gasteiger partial charge is 0.287 e. The van der Waals surface area contributed by atoms with Crippen LogP contribution in [0.5, 0.6) is 5.75 Å². The Hall–Kier alpha value is -2.54. The van der Waals surface area contributed by atoms with E-state index in [2.05, 4.69) is 10.6 Å². The number of furan rings is 1. The Bertz CT molecular complexity index is 808. The number of carbonyl (C=O) groups is 2. The van der Waals surface area contributed by atoms with Crippen LogP contribution < -0.4 is 15.4 Å². The highest BCUT2D eigenvalue weighted by Gasteiger charge is 2.25. The summed E-state index contributed by atoms with van der Waals surface area (Å²) in [4.78, 5) is 25.1. The van der Waals surface area contributed by atoms with Gasteiger partial charge in [-0.1, -0.05) is 44.2 Å². The molecule has 1 aliphatic carbocycles. The van der Waals surface area contributed by atoms with Crippen molar-refractivity contribution in [2.45, 2.75) is 57.0 Å². The summed E-state index contributed by atoms with van der Waals surface area (Å²) in [5, 5.41) is 15.9. The van der Waals surface area contributed by atoms with E-state index in [9.17, 15) is 14.7 Å². The molecule has 1 heterocycles. The minimum absolute atomic E-state index is 0.0664. The van der Waals surface area contributed by atoms with E-state index in [0.29, 0.717) is 11.3 Å². The predicted molar refractivity (Wildman–Crippen MR) is 105 cm³/mol. The van der Waals surface area contributed by atoms with E-state index in [-0.39, 0.29) is 17.7 Å². The third-order valence-corrected chi connectivity index (χ3v) is 5.21. The number of rotatable bonds is 6. The van der Waals surface area contributed by atoms with Crippen LogP contribution in [0, 0.1) is 0 Å². The first-order valence-corrected chi connectivity index (χ1v) is 9.91. The summed E-state index contributed by atoms with van der Waals surface area (Å²) in [7, 11) is 1.53. The normalized spacial score (nSPS) is 16.8. The Morgan fingerprint density at radius 3 is 2.61 bits per heavy atom. The second kappa shape index (κ2) is 9.59. The van der Waals surface area contributed by atoms with Gasteiger partial charge in [-0.05, 0) is 25.0 Å². The van der Waals surface area contributed by atoms with Crippen LogP contribution in [0.15, 0.2) is 28.7 Å². The number of methoxy groups -OCH3 is 1. The minimum atomic E-state index is -1.02. The molecule has 0 saturated heterocycles. The molecule has 7 nitrogen and oxygen atoms in total. The quantitative estimate of drug-likeness (QED) is 0.706. The third-order valence-electron chi connectivity index (χ3n) is 5.21. The van der Waals surface area contributed by atoms with E-state index in [1.165, 1.54) is 26.4 Å². The topological polar surface area (TPSA) is 101 Å². The highest BCUT2D eigenvalue weighted by atomic mass is 16.5. The van der Waals surface area contributed by atoms with Crippen LogP contribution in [-0.2, 0) is 4.79 Å². The van der Waals surface area contributed by atoms with Crippen molar-refractivity contribution < 1.29 is 23.8 Å². The molecule has 7 heteroatoms. The van der Waals surface area contributed by atoms with Gasteiger partial charge in [0.2, 0.25) is 5.91 Å². The largest absolute Gasteiger partial charge is 0.493 e. The summed E-state index contributed by atoms with van der Waals surface area (Å²) < 4.78 is 10.8. The fourth-order valence-electron chi connectivity index (χ4n) is 3.63. The Morgan fingerprint density at radius 1 is 1.21 bits per heavy atom. The Kier molecular flexibility index (Phi) is 6.92. The van der Waals surface area contributed by atoms with Gasteiger partial charge in [0.15, 0.2) is 17.1 Å². The molecular formula is C21H28N2O5. The molecule has 1 aromatic heterocycles. The molecule has 152 valence electrons. The molecule has 2 amide bonds. The van der Waals surface area contributed by atoms with Crippen LogP contribution in [0.4, 0.5) is 0 Å². The molecule has 2 aromatic rings. The van der Waals surface area contributed by atoms with Crippen LogP contribution in [-0.4, -0.2) is 42.7 Å². The number of para-hydroxylation sites is 1. The van der Waals surface area contributed by atoms with Crippen LogP contribution >= 0.6 is 0 Å². The second-order valence-electron chi connectivity index (χ2n) is 7.25. The number of fused-ring (bicyclic) bond motifs is 1. The standard InChI is InChI=1S/C21H28N2O5/c1-27-17-11-7-8-14-12-18(28-19(14)17)21(26)23-16(13-24)20(25)22-15-9-5-3-2-4-6-10-15/h7-8,11-12,15-16,24H,2-6,9-10,13H2,1H3,(H,22,25)(H,23,26). The maximum atomic E-state index is 12.5. The van der Waals surface area contributed by atoms with Crippen LogP contribution in [0.3, 0.4) is 0 Å². The summed E-state index contributed by atoms with van der Waals surface area (Å²) in [6.45, 7) is -0.478. The van der Waals surface area contributed by atoms with Crippen molar-refractivity contribution in [3.63, 3.8) is 0 Å². The van der Waals surface area contributed by atoms with Crippen molar-refractivity contribution in [2.75, 3.05) is 13.7 Å². The molecule has 0 spiro atoms. The molecule has 1 saturated carbocycles. The van der Waals surface area contributed by atoms with E-state index >= 15 is 0 Å². The van der Waals surface area contributed by atoms with Crippen molar-refractivity contribution in [3.05, 3.63) is 30.0 Å². The number of benzene rings is 1. The van der Waals surface area contributed by atoms with Gasteiger partial charge in [0.1, 0.15) is 6.04 Å². The molecule has 28 heavy (non-hydrogen) atoms. The number of nitrogens with one attached hydrogen (secondary N) is 2. The summed E-state index contributed by atoms with van der Waals surface area (Å²) >= 11 is 0. The molecule has 0 aliphatic heterocycles. The summed E-state index contributed by atoms with van der Waals surface area (Å²) in [5.74, 6) is -0.325. The van der Waals surface area contributed by atoms with E-state index in [4.69, 9.17) is 9.15 Å². The van der Waals surface area contributed by atoms with Crippen molar-refractivity contribution in [2.24, 2.45) is 0 Å². The summed E-state index contributed by atoms with van der Waals surface area (Å²) in [5.41, 5.74) is 0.467. The molecule has 1 fully saturated rings. The zero-order chi connectivity index (χ0) is 19.9. The molecule has 3 rings (SSSR count). The van der Waals surface area contributed by atoms with E-state index in [1.54, 1.807) is 18.2 Å². The van der Waals surface area contributed by atoms with Gasteiger partial charge in [-0.25, -0.2) is 0 Å². The molecule has 1 aliphatic rings. The van der Waals surface area contributed by atoms with Crippen LogP contribution in [0.25, 0.3) is 11.0 Å². The van der Waals surface area contributed by atoms with Crippen LogP contribution in [0.2, 0.25) is 0 Å². The maximum absolute atomic E-state index is 12.5. The first-order valence-electron chi connectivity index (χ1n) is 9.91. The fourth-order valence-corrected chi connectivity index (χ4v) is 3.63. The second-order valence-corrected chi connectivity index (χ2v) is 7.25. The van der Waals surface area contributed by atoms with Crippen molar-refractivity contribution in [3.8, 4) is 5.75 Å². The Balaban J connectivity index is 1.64. The van der Waals surface area contributed by atoms with Gasteiger partial charge in [-0.15, -0.1) is 0 Å². The predicted octanol–water partition coefficient (Wildman–Crippen LogP) is 2.76. The van der Waals surface area contributed by atoms with Gasteiger partial charge in [0, 0.05) is 11.4 Å². The highest BCUT2D eigenvalue weighted by molar-refractivity contribution is 5.99. The number of ether oxygens (including phenoxy) is 1. The van der Waals surface area contributed by atoms with E-state index in [1.807, 2.05) is 6.07 Å². The molecule has 1 atom stereocenters. The lowest BCUT2D eigenvalue weighted by molar-refractivity contribution is -0.124. The number of aliphatic hydroxyl groups is 1. The zero-order valence-electron chi connectivity index (χ0n) is 16.2. The zero-order valence-corrected chi connectivity index (χ0v) is 16.2. The molecule has 1 unspecified atom stereocenters. The third kappa shape index (κ3) is 4.84. The van der Waals surface area contributed by atoms with Gasteiger partial charge < -0.3 is 24.9 Å².